The fourth-order valence-corrected chi connectivity index (χ4v) is 5.45. The van der Waals surface area contributed by atoms with Crippen LogP contribution in [-0.4, -0.2) is 48.0 Å². The summed E-state index contributed by atoms with van der Waals surface area (Å²) in [6, 6.07) is 0. The molecule has 3 aliphatic rings. The highest BCUT2D eigenvalue weighted by Gasteiger charge is 2.43. The summed E-state index contributed by atoms with van der Waals surface area (Å²) in [6.45, 7) is 1.19. The molecule has 2 saturated carbocycles. The molecule has 0 aliphatic heterocycles. The Morgan fingerprint density at radius 1 is 1.19 bits per heavy atom. The van der Waals surface area contributed by atoms with Gasteiger partial charge in [-0.15, -0.1) is 0 Å². The van der Waals surface area contributed by atoms with Crippen LogP contribution in [0.1, 0.15) is 64.2 Å². The number of rotatable bonds is 9. The lowest BCUT2D eigenvalue weighted by Crippen LogP contribution is -2.19. The standard InChI is InChI=1S/C23H39NO2/c1-24(2)13-7-3-4-8-17-14-19-16-23(26)20(21(19)15-17)11-12-22(25)18-9-5-6-10-18/h11-12,14,18-23,25-26H,3-10,13,15-16H2,1-2H3/b12-11+/t19-,20+,21-,22-,23+/m0/s1. The van der Waals surface area contributed by atoms with E-state index in [4.69, 9.17) is 0 Å². The lowest BCUT2D eigenvalue weighted by atomic mass is 9.88. The second-order valence-electron chi connectivity index (χ2n) is 9.27. The van der Waals surface area contributed by atoms with Crippen LogP contribution in [-0.2, 0) is 0 Å². The molecule has 0 unspecified atom stereocenters. The van der Waals surface area contributed by atoms with Gasteiger partial charge in [-0.2, -0.15) is 0 Å². The Morgan fingerprint density at radius 2 is 1.96 bits per heavy atom. The van der Waals surface area contributed by atoms with E-state index in [1.807, 2.05) is 6.08 Å². The molecule has 0 aromatic carbocycles. The summed E-state index contributed by atoms with van der Waals surface area (Å²) in [5, 5.41) is 20.9. The summed E-state index contributed by atoms with van der Waals surface area (Å²) >= 11 is 0. The fraction of sp³-hybridized carbons (Fsp3) is 0.826. The smallest absolute Gasteiger partial charge is 0.0749 e. The molecular weight excluding hydrogens is 322 g/mol. The van der Waals surface area contributed by atoms with E-state index in [2.05, 4.69) is 31.1 Å². The van der Waals surface area contributed by atoms with Crippen LogP contribution in [0.2, 0.25) is 0 Å². The van der Waals surface area contributed by atoms with Crippen molar-refractivity contribution in [3.8, 4) is 0 Å². The van der Waals surface area contributed by atoms with Gasteiger partial charge in [0.25, 0.3) is 0 Å². The molecule has 0 aromatic heterocycles. The third-order valence-electron chi connectivity index (χ3n) is 6.97. The molecule has 0 bridgehead atoms. The molecule has 3 aliphatic carbocycles. The number of unbranched alkanes of at least 4 members (excludes halogenated alkanes) is 2. The molecule has 2 N–H and O–H groups in total. The van der Waals surface area contributed by atoms with E-state index in [0.717, 1.165) is 25.7 Å². The Bertz CT molecular complexity index is 492. The number of hydrogen-bond donors (Lipinski definition) is 2. The first-order valence-corrected chi connectivity index (χ1v) is 10.9. The second kappa shape index (κ2) is 9.52. The molecule has 0 saturated heterocycles. The van der Waals surface area contributed by atoms with E-state index >= 15 is 0 Å². The summed E-state index contributed by atoms with van der Waals surface area (Å²) in [4.78, 5) is 2.26. The van der Waals surface area contributed by atoms with E-state index in [1.165, 1.54) is 45.1 Å². The van der Waals surface area contributed by atoms with Gasteiger partial charge in [-0.05, 0) is 83.3 Å². The topological polar surface area (TPSA) is 43.7 Å². The maximum atomic E-state index is 10.5. The summed E-state index contributed by atoms with van der Waals surface area (Å²) < 4.78 is 0. The molecule has 0 radical (unpaired) electrons. The minimum Gasteiger partial charge on any atom is -0.392 e. The van der Waals surface area contributed by atoms with E-state index in [-0.39, 0.29) is 18.1 Å². The van der Waals surface area contributed by atoms with Crippen molar-refractivity contribution in [1.82, 2.24) is 4.90 Å². The summed E-state index contributed by atoms with van der Waals surface area (Å²) in [6.07, 6.45) is 18.1. The maximum absolute atomic E-state index is 10.5. The number of aliphatic hydroxyl groups excluding tert-OH is 2. The molecule has 3 nitrogen and oxygen atoms in total. The van der Waals surface area contributed by atoms with Crippen molar-refractivity contribution >= 4 is 0 Å². The van der Waals surface area contributed by atoms with Crippen LogP contribution in [0.3, 0.4) is 0 Å². The summed E-state index contributed by atoms with van der Waals surface area (Å²) in [5.74, 6) is 1.80. The van der Waals surface area contributed by atoms with Gasteiger partial charge in [-0.3, -0.25) is 0 Å². The van der Waals surface area contributed by atoms with Crippen molar-refractivity contribution in [2.45, 2.75) is 76.4 Å². The minimum absolute atomic E-state index is 0.227. The highest BCUT2D eigenvalue weighted by atomic mass is 16.3. The van der Waals surface area contributed by atoms with Crippen molar-refractivity contribution in [2.24, 2.45) is 23.7 Å². The molecular formula is C23H39NO2. The van der Waals surface area contributed by atoms with Crippen LogP contribution < -0.4 is 0 Å². The number of nitrogens with zero attached hydrogens (tertiary/aromatic N) is 1. The van der Waals surface area contributed by atoms with Crippen LogP contribution in [0.15, 0.2) is 23.8 Å². The Hall–Kier alpha value is -0.640. The van der Waals surface area contributed by atoms with Gasteiger partial charge in [0.15, 0.2) is 0 Å². The van der Waals surface area contributed by atoms with Gasteiger partial charge in [0.2, 0.25) is 0 Å². The Morgan fingerprint density at radius 3 is 2.69 bits per heavy atom. The van der Waals surface area contributed by atoms with Crippen molar-refractivity contribution in [3.63, 3.8) is 0 Å². The number of fused-ring (bicyclic) bond motifs is 1. The predicted octanol–water partition coefficient (Wildman–Crippen LogP) is 4.16. The summed E-state index contributed by atoms with van der Waals surface area (Å²) in [7, 11) is 4.28. The molecule has 148 valence electrons. The Kier molecular flexibility index (Phi) is 7.36. The van der Waals surface area contributed by atoms with E-state index in [0.29, 0.717) is 17.8 Å². The third kappa shape index (κ3) is 5.21. The summed E-state index contributed by atoms with van der Waals surface area (Å²) in [5.41, 5.74) is 1.62. The van der Waals surface area contributed by atoms with Gasteiger partial charge in [0, 0.05) is 5.92 Å². The third-order valence-corrected chi connectivity index (χ3v) is 6.97. The van der Waals surface area contributed by atoms with Crippen LogP contribution >= 0.6 is 0 Å². The van der Waals surface area contributed by atoms with Crippen LogP contribution in [0.5, 0.6) is 0 Å². The van der Waals surface area contributed by atoms with E-state index in [1.54, 1.807) is 5.57 Å². The van der Waals surface area contributed by atoms with Gasteiger partial charge in [0.1, 0.15) is 0 Å². The molecule has 0 spiro atoms. The second-order valence-corrected chi connectivity index (χ2v) is 9.27. The number of allylic oxidation sites excluding steroid dienone is 2. The van der Waals surface area contributed by atoms with Crippen molar-refractivity contribution in [2.75, 3.05) is 20.6 Å². The molecule has 0 heterocycles. The van der Waals surface area contributed by atoms with Gasteiger partial charge in [0.05, 0.1) is 12.2 Å². The SMILES string of the molecule is CN(C)CCCCCC1=C[C@H]2C[C@@H](O)[C@H](/C=C/[C@H](O)C3CCCC3)[C@H]2C1. The first-order valence-electron chi connectivity index (χ1n) is 10.9. The van der Waals surface area contributed by atoms with Crippen molar-refractivity contribution < 1.29 is 10.2 Å². The molecule has 2 fully saturated rings. The average Bonchev–Trinajstić information content (AvgIpc) is 3.29. The van der Waals surface area contributed by atoms with E-state index < -0.39 is 0 Å². The Balaban J connectivity index is 1.45. The molecule has 0 amide bonds. The zero-order chi connectivity index (χ0) is 18.5. The monoisotopic (exact) mass is 361 g/mol. The quantitative estimate of drug-likeness (QED) is 0.479. The van der Waals surface area contributed by atoms with Crippen LogP contribution in [0.25, 0.3) is 0 Å². The van der Waals surface area contributed by atoms with Crippen LogP contribution in [0, 0.1) is 23.7 Å². The highest BCUT2D eigenvalue weighted by molar-refractivity contribution is 5.21. The largest absolute Gasteiger partial charge is 0.392 e. The Labute approximate surface area is 160 Å². The van der Waals surface area contributed by atoms with Gasteiger partial charge >= 0.3 is 0 Å². The average molecular weight is 362 g/mol. The molecule has 3 heteroatoms. The fourth-order valence-electron chi connectivity index (χ4n) is 5.45. The van der Waals surface area contributed by atoms with Crippen molar-refractivity contribution in [1.29, 1.82) is 0 Å². The molecule has 5 atom stereocenters. The first-order chi connectivity index (χ1) is 12.5. The first kappa shape index (κ1) is 20.1. The van der Waals surface area contributed by atoms with Gasteiger partial charge < -0.3 is 15.1 Å². The minimum atomic E-state index is -0.311. The zero-order valence-electron chi connectivity index (χ0n) is 16.8. The van der Waals surface area contributed by atoms with E-state index in [9.17, 15) is 10.2 Å². The highest BCUT2D eigenvalue weighted by Crippen LogP contribution is 2.48. The zero-order valence-corrected chi connectivity index (χ0v) is 16.8. The maximum Gasteiger partial charge on any atom is 0.0749 e. The van der Waals surface area contributed by atoms with Gasteiger partial charge in [-0.1, -0.05) is 43.1 Å². The molecule has 0 aromatic rings. The number of aliphatic hydroxyl groups is 2. The lowest BCUT2D eigenvalue weighted by Gasteiger charge is -2.20. The van der Waals surface area contributed by atoms with Crippen LogP contribution in [0.4, 0.5) is 0 Å². The molecule has 26 heavy (non-hydrogen) atoms. The number of hydrogen-bond acceptors (Lipinski definition) is 3. The normalized spacial score (nSPS) is 33.3. The van der Waals surface area contributed by atoms with Gasteiger partial charge in [-0.25, -0.2) is 0 Å². The lowest BCUT2D eigenvalue weighted by molar-refractivity contribution is 0.135. The molecule has 3 rings (SSSR count). The van der Waals surface area contributed by atoms with Crippen molar-refractivity contribution in [3.05, 3.63) is 23.8 Å². The predicted molar refractivity (Wildman–Crippen MR) is 108 cm³/mol.